The smallest absolute Gasteiger partial charge is 0.416 e. The number of rotatable bonds is 7. The molecule has 1 aromatic carbocycles. The summed E-state index contributed by atoms with van der Waals surface area (Å²) in [7, 11) is 0. The summed E-state index contributed by atoms with van der Waals surface area (Å²) in [5.74, 6) is 0.479. The molecule has 0 spiro atoms. The van der Waals surface area contributed by atoms with Crippen LogP contribution in [0.15, 0.2) is 36.8 Å². The summed E-state index contributed by atoms with van der Waals surface area (Å²) >= 11 is 0. The van der Waals surface area contributed by atoms with Gasteiger partial charge in [-0.15, -0.1) is 0 Å². The Kier molecular flexibility index (Phi) is 6.83. The van der Waals surface area contributed by atoms with Crippen molar-refractivity contribution in [3.05, 3.63) is 47.9 Å². The zero-order valence-corrected chi connectivity index (χ0v) is 18.3. The molecule has 0 aliphatic carbocycles. The maximum Gasteiger partial charge on any atom is 0.416 e. The predicted molar refractivity (Wildman–Crippen MR) is 118 cm³/mol. The lowest BCUT2D eigenvalue weighted by Crippen LogP contribution is -2.28. The quantitative estimate of drug-likeness (QED) is 0.542. The van der Waals surface area contributed by atoms with Gasteiger partial charge in [-0.1, -0.05) is 0 Å². The predicted octanol–water partition coefficient (Wildman–Crippen LogP) is 4.49. The number of nitrogens with one attached hydrogen (secondary N) is 2. The molecule has 33 heavy (non-hydrogen) atoms. The van der Waals surface area contributed by atoms with Gasteiger partial charge in [-0.25, -0.2) is 9.97 Å². The molecule has 10 heteroatoms. The van der Waals surface area contributed by atoms with E-state index in [2.05, 4.69) is 20.6 Å². The first-order valence-corrected chi connectivity index (χ1v) is 11.0. The maximum absolute atomic E-state index is 13.0. The Morgan fingerprint density at radius 1 is 1.21 bits per heavy atom. The van der Waals surface area contributed by atoms with Crippen LogP contribution in [0.1, 0.15) is 42.1 Å². The van der Waals surface area contributed by atoms with Crippen LogP contribution in [0.3, 0.4) is 0 Å². The highest BCUT2D eigenvalue weighted by atomic mass is 19.4. The second-order valence-electron chi connectivity index (χ2n) is 8.06. The van der Waals surface area contributed by atoms with Gasteiger partial charge in [0.2, 0.25) is 0 Å². The fourth-order valence-electron chi connectivity index (χ4n) is 4.06. The first-order chi connectivity index (χ1) is 15.9. The zero-order chi connectivity index (χ0) is 23.4. The van der Waals surface area contributed by atoms with Crippen LogP contribution >= 0.6 is 0 Å². The van der Waals surface area contributed by atoms with Crippen LogP contribution in [-0.4, -0.2) is 40.1 Å². The van der Waals surface area contributed by atoms with Gasteiger partial charge in [0.25, 0.3) is 5.91 Å². The highest BCUT2D eigenvalue weighted by molar-refractivity contribution is 6.08. The third-order valence-corrected chi connectivity index (χ3v) is 5.83. The summed E-state index contributed by atoms with van der Waals surface area (Å²) in [5, 5.41) is 6.00. The molecule has 1 aliphatic rings. The average molecular weight is 461 g/mol. The summed E-state index contributed by atoms with van der Waals surface area (Å²) in [6.45, 7) is 4.93. The molecule has 2 aromatic heterocycles. The molecule has 1 fully saturated rings. The van der Waals surface area contributed by atoms with Crippen molar-refractivity contribution in [3.8, 4) is 5.75 Å². The largest absolute Gasteiger partial charge is 0.491 e. The summed E-state index contributed by atoms with van der Waals surface area (Å²) in [6.07, 6.45) is 1.90. The number of nitrogens with zero attached hydrogens (tertiary/aromatic N) is 3. The van der Waals surface area contributed by atoms with Crippen molar-refractivity contribution in [2.24, 2.45) is 5.92 Å². The molecule has 0 bridgehead atoms. The summed E-state index contributed by atoms with van der Waals surface area (Å²) in [4.78, 5) is 21.7. The van der Waals surface area contributed by atoms with Gasteiger partial charge in [0.15, 0.2) is 11.4 Å². The Labute approximate surface area is 189 Å². The Morgan fingerprint density at radius 2 is 1.94 bits per heavy atom. The van der Waals surface area contributed by atoms with E-state index in [1.165, 1.54) is 18.3 Å². The Bertz CT molecular complexity index is 1110. The average Bonchev–Trinajstić information content (AvgIpc) is 3.22. The van der Waals surface area contributed by atoms with Crippen LogP contribution in [0.25, 0.3) is 11.2 Å². The minimum atomic E-state index is -4.44. The van der Waals surface area contributed by atoms with Crippen molar-refractivity contribution in [2.45, 2.75) is 38.9 Å². The number of halogens is 3. The van der Waals surface area contributed by atoms with E-state index in [1.807, 2.05) is 11.5 Å². The Hall–Kier alpha value is -3.14. The van der Waals surface area contributed by atoms with Gasteiger partial charge in [0.05, 0.1) is 18.5 Å². The third kappa shape index (κ3) is 5.27. The lowest BCUT2D eigenvalue weighted by molar-refractivity contribution is -0.137. The summed E-state index contributed by atoms with van der Waals surface area (Å²) in [6, 6.07) is 4.29. The zero-order valence-electron chi connectivity index (χ0n) is 18.3. The third-order valence-electron chi connectivity index (χ3n) is 5.83. The summed E-state index contributed by atoms with van der Waals surface area (Å²) < 4.78 is 46.2. The number of benzene rings is 1. The lowest BCUT2D eigenvalue weighted by atomic mass is 9.95. The minimum Gasteiger partial charge on any atom is -0.491 e. The van der Waals surface area contributed by atoms with Gasteiger partial charge in [-0.3, -0.25) is 4.79 Å². The molecule has 2 N–H and O–H groups in total. The van der Waals surface area contributed by atoms with Crippen molar-refractivity contribution in [3.63, 3.8) is 0 Å². The standard InChI is InChI=1S/C23H26F3N5O2/c1-2-33-20-18(22(32)30-17-5-3-16(4-6-17)23(24,25)26)13-28-21-19(20)31(14-29-21)12-9-15-7-10-27-11-8-15/h3-6,13-15,27H,2,7-12H2,1H3,(H,30,32). The SMILES string of the molecule is CCOc1c(C(=O)Nc2ccc(C(F)(F)F)cc2)cnc2ncn(CCC3CCNCC3)c12. The molecule has 176 valence electrons. The van der Waals surface area contributed by atoms with Gasteiger partial charge in [0.1, 0.15) is 11.1 Å². The van der Waals surface area contributed by atoms with Gasteiger partial charge in [0, 0.05) is 18.4 Å². The van der Waals surface area contributed by atoms with Crippen LogP contribution in [0.5, 0.6) is 5.75 Å². The Morgan fingerprint density at radius 3 is 2.61 bits per heavy atom. The second-order valence-corrected chi connectivity index (χ2v) is 8.06. The first kappa shape index (κ1) is 23.0. The number of anilines is 1. The van der Waals surface area contributed by atoms with Crippen molar-refractivity contribution in [1.82, 2.24) is 19.9 Å². The molecule has 3 heterocycles. The van der Waals surface area contributed by atoms with Crippen molar-refractivity contribution < 1.29 is 22.7 Å². The van der Waals surface area contributed by atoms with Crippen molar-refractivity contribution in [1.29, 1.82) is 0 Å². The first-order valence-electron chi connectivity index (χ1n) is 11.0. The van der Waals surface area contributed by atoms with Crippen molar-refractivity contribution >= 4 is 22.8 Å². The van der Waals surface area contributed by atoms with E-state index in [-0.39, 0.29) is 11.3 Å². The number of carbonyl (C=O) groups is 1. The number of aryl methyl sites for hydroxylation is 1. The second kappa shape index (κ2) is 9.78. The number of ether oxygens (including phenoxy) is 1. The lowest BCUT2D eigenvalue weighted by Gasteiger charge is -2.22. The van der Waals surface area contributed by atoms with Gasteiger partial charge >= 0.3 is 6.18 Å². The maximum atomic E-state index is 13.0. The molecule has 1 amide bonds. The normalized spacial score (nSPS) is 15.0. The molecule has 1 saturated heterocycles. The number of amides is 1. The Balaban J connectivity index is 1.58. The van der Waals surface area contributed by atoms with E-state index < -0.39 is 17.6 Å². The van der Waals surface area contributed by atoms with Crippen molar-refractivity contribution in [2.75, 3.05) is 25.0 Å². The van der Waals surface area contributed by atoms with E-state index in [0.717, 1.165) is 51.0 Å². The number of carbonyl (C=O) groups excluding carboxylic acids is 1. The number of hydrogen-bond acceptors (Lipinski definition) is 5. The van der Waals surface area contributed by atoms with E-state index in [0.29, 0.717) is 29.4 Å². The molecule has 0 atom stereocenters. The van der Waals surface area contributed by atoms with E-state index in [1.54, 1.807) is 6.33 Å². The number of aromatic nitrogens is 3. The summed E-state index contributed by atoms with van der Waals surface area (Å²) in [5.41, 5.74) is 0.791. The minimum absolute atomic E-state index is 0.202. The molecule has 7 nitrogen and oxygen atoms in total. The van der Waals surface area contributed by atoms with Crippen LogP contribution in [0.2, 0.25) is 0 Å². The highest BCUT2D eigenvalue weighted by Crippen LogP contribution is 2.32. The van der Waals surface area contributed by atoms with Gasteiger partial charge in [-0.2, -0.15) is 13.2 Å². The number of fused-ring (bicyclic) bond motifs is 1. The molecule has 4 rings (SSSR count). The van der Waals surface area contributed by atoms with Crippen LogP contribution in [-0.2, 0) is 12.7 Å². The number of hydrogen-bond donors (Lipinski definition) is 2. The van der Waals surface area contributed by atoms with Crippen LogP contribution in [0.4, 0.5) is 18.9 Å². The number of pyridine rings is 1. The monoisotopic (exact) mass is 461 g/mol. The number of imidazole rings is 1. The molecule has 0 unspecified atom stereocenters. The molecular weight excluding hydrogens is 435 g/mol. The number of alkyl halides is 3. The van der Waals surface area contributed by atoms with E-state index in [9.17, 15) is 18.0 Å². The molecular formula is C23H26F3N5O2. The van der Waals surface area contributed by atoms with E-state index >= 15 is 0 Å². The topological polar surface area (TPSA) is 81.1 Å². The van der Waals surface area contributed by atoms with Crippen LogP contribution in [0, 0.1) is 5.92 Å². The van der Waals surface area contributed by atoms with Gasteiger partial charge < -0.3 is 19.9 Å². The molecule has 3 aromatic rings. The van der Waals surface area contributed by atoms with Crippen LogP contribution < -0.4 is 15.4 Å². The van der Waals surface area contributed by atoms with Gasteiger partial charge in [-0.05, 0) is 69.5 Å². The fourth-order valence-corrected chi connectivity index (χ4v) is 4.06. The highest BCUT2D eigenvalue weighted by Gasteiger charge is 2.30. The van der Waals surface area contributed by atoms with E-state index in [4.69, 9.17) is 4.74 Å². The number of piperidine rings is 1. The molecule has 0 saturated carbocycles. The molecule has 0 radical (unpaired) electrons. The fraction of sp³-hybridized carbons (Fsp3) is 0.435. The molecule has 1 aliphatic heterocycles.